The largest absolute Gasteiger partial charge is 0.488 e. The third-order valence-corrected chi connectivity index (χ3v) is 5.48. The lowest BCUT2D eigenvalue weighted by molar-refractivity contribution is -0.0374. The summed E-state index contributed by atoms with van der Waals surface area (Å²) in [5.74, 6) is 0.521. The zero-order chi connectivity index (χ0) is 26.2. The minimum absolute atomic E-state index is 0.0291. The minimum Gasteiger partial charge on any atom is -0.488 e. The fraction of sp³-hybridized carbons (Fsp3) is 0.360. The summed E-state index contributed by atoms with van der Waals surface area (Å²) in [5, 5.41) is 2.77. The number of sulfone groups is 1. The Balaban J connectivity index is 2.35. The fourth-order valence-corrected chi connectivity index (χ4v) is 3.37. The van der Waals surface area contributed by atoms with Gasteiger partial charge in [0.1, 0.15) is 29.2 Å². The molecule has 0 saturated carbocycles. The average Bonchev–Trinajstić information content (AvgIpc) is 2.75. The van der Waals surface area contributed by atoms with E-state index in [1.54, 1.807) is 25.4 Å². The second kappa shape index (κ2) is 11.9. The topological polar surface area (TPSA) is 129 Å². The summed E-state index contributed by atoms with van der Waals surface area (Å²) in [7, 11) is -1.64. The number of carbonyl (C=O) groups is 1. The molecule has 0 unspecified atom stereocenters. The van der Waals surface area contributed by atoms with Crippen molar-refractivity contribution in [2.45, 2.75) is 44.3 Å². The summed E-state index contributed by atoms with van der Waals surface area (Å²) in [6.45, 7) is 8.04. The van der Waals surface area contributed by atoms with Crippen molar-refractivity contribution in [1.29, 1.82) is 0 Å². The number of aliphatic imine (C=N–C) groups is 1. The summed E-state index contributed by atoms with van der Waals surface area (Å²) in [6.07, 6.45) is 3.83. The number of amidine groups is 1. The van der Waals surface area contributed by atoms with Gasteiger partial charge in [-0.1, -0.05) is 0 Å². The third-order valence-electron chi connectivity index (χ3n) is 4.35. The van der Waals surface area contributed by atoms with E-state index >= 15 is 0 Å². The highest BCUT2D eigenvalue weighted by Crippen LogP contribution is 2.29. The van der Waals surface area contributed by atoms with Gasteiger partial charge in [-0.3, -0.25) is 4.79 Å². The molecule has 35 heavy (non-hydrogen) atoms. The van der Waals surface area contributed by atoms with E-state index in [0.717, 1.165) is 6.26 Å². The number of nitrogens with zero attached hydrogens (tertiary/aromatic N) is 1. The van der Waals surface area contributed by atoms with Gasteiger partial charge in [0, 0.05) is 24.9 Å². The maximum Gasteiger partial charge on any atom is 0.279 e. The van der Waals surface area contributed by atoms with Crippen LogP contribution in [0, 0.1) is 0 Å². The molecule has 0 aromatic heterocycles. The molecule has 190 valence electrons. The van der Waals surface area contributed by atoms with Crippen LogP contribution < -0.4 is 20.5 Å². The van der Waals surface area contributed by atoms with Gasteiger partial charge in [0.25, 0.3) is 5.91 Å². The highest BCUT2D eigenvalue weighted by Gasteiger charge is 2.16. The highest BCUT2D eigenvalue weighted by atomic mass is 32.2. The van der Waals surface area contributed by atoms with Crippen molar-refractivity contribution in [1.82, 2.24) is 5.32 Å². The van der Waals surface area contributed by atoms with Gasteiger partial charge in [0.2, 0.25) is 0 Å². The number of ether oxygens (including phenoxy) is 3. The van der Waals surface area contributed by atoms with Crippen LogP contribution in [0.25, 0.3) is 0 Å². The maximum atomic E-state index is 12.7. The van der Waals surface area contributed by atoms with E-state index in [-0.39, 0.29) is 28.0 Å². The molecule has 10 heteroatoms. The number of benzene rings is 2. The second-order valence-electron chi connectivity index (χ2n) is 8.85. The molecule has 0 heterocycles. The van der Waals surface area contributed by atoms with E-state index in [0.29, 0.717) is 23.9 Å². The van der Waals surface area contributed by atoms with Crippen LogP contribution in [-0.4, -0.2) is 51.8 Å². The van der Waals surface area contributed by atoms with Gasteiger partial charge >= 0.3 is 0 Å². The second-order valence-corrected chi connectivity index (χ2v) is 10.9. The van der Waals surface area contributed by atoms with Crippen molar-refractivity contribution in [3.8, 4) is 17.2 Å². The van der Waals surface area contributed by atoms with Gasteiger partial charge in [0.05, 0.1) is 17.1 Å². The van der Waals surface area contributed by atoms with Crippen molar-refractivity contribution in [2.75, 3.05) is 19.9 Å². The van der Waals surface area contributed by atoms with Gasteiger partial charge in [0.15, 0.2) is 9.84 Å². The molecule has 0 aliphatic heterocycles. The third kappa shape index (κ3) is 9.79. The first-order valence-electron chi connectivity index (χ1n) is 10.9. The Hall–Kier alpha value is -3.37. The van der Waals surface area contributed by atoms with Crippen molar-refractivity contribution in [3.05, 3.63) is 60.3 Å². The van der Waals surface area contributed by atoms with Crippen LogP contribution >= 0.6 is 0 Å². The van der Waals surface area contributed by atoms with E-state index < -0.39 is 15.7 Å². The lowest BCUT2D eigenvalue weighted by Crippen LogP contribution is -2.27. The van der Waals surface area contributed by atoms with Crippen LogP contribution in [0.1, 0.15) is 38.1 Å². The smallest absolute Gasteiger partial charge is 0.279 e. The number of hydrogen-bond donors (Lipinski definition) is 2. The molecule has 3 N–H and O–H groups in total. The highest BCUT2D eigenvalue weighted by molar-refractivity contribution is 7.90. The van der Waals surface area contributed by atoms with Crippen LogP contribution in [-0.2, 0) is 14.6 Å². The van der Waals surface area contributed by atoms with Crippen molar-refractivity contribution < 1.29 is 27.4 Å². The molecule has 9 nitrogen and oxygen atoms in total. The predicted molar refractivity (Wildman–Crippen MR) is 136 cm³/mol. The van der Waals surface area contributed by atoms with E-state index in [1.165, 1.54) is 36.4 Å². The van der Waals surface area contributed by atoms with Crippen LogP contribution in [0.4, 0.5) is 0 Å². The molecule has 0 bridgehead atoms. The molecular weight excluding hydrogens is 470 g/mol. The zero-order valence-corrected chi connectivity index (χ0v) is 21.7. The van der Waals surface area contributed by atoms with Crippen LogP contribution in [0.3, 0.4) is 0 Å². The Morgan fingerprint density at radius 3 is 2.31 bits per heavy atom. The Labute approximate surface area is 206 Å². The molecular formula is C25H33N3O6S. The van der Waals surface area contributed by atoms with Crippen LogP contribution in [0.15, 0.2) is 64.6 Å². The Morgan fingerprint density at radius 1 is 1.11 bits per heavy atom. The molecule has 1 atom stereocenters. The fourth-order valence-electron chi connectivity index (χ4n) is 2.73. The van der Waals surface area contributed by atoms with E-state index in [4.69, 9.17) is 19.9 Å². The standard InChI is InChI=1S/C25H33N3O6S/c1-17(16-32-25(2,3)4)33-20-13-18(24(29)28-23(26)11-12-27-5)14-21(15-20)34-19-7-9-22(10-8-19)35(6,30)31/h7-15,17,27H,16H2,1-6H3,(H2,26,28,29)/b12-11-/t17-/m0/s1. The number of nitrogens with two attached hydrogens (primary N) is 1. The number of hydrogen-bond acceptors (Lipinski definition) is 7. The number of carbonyl (C=O) groups excluding carboxylic acids is 1. The van der Waals surface area contributed by atoms with Gasteiger partial charge in [-0.2, -0.15) is 4.99 Å². The van der Waals surface area contributed by atoms with Crippen LogP contribution in [0.2, 0.25) is 0 Å². The SMILES string of the molecule is CN/C=C\C(N)=NC(=O)c1cc(Oc2ccc(S(C)(=O)=O)cc2)cc(O[C@@H](C)COC(C)(C)C)c1. The van der Waals surface area contributed by atoms with E-state index in [9.17, 15) is 13.2 Å². The monoisotopic (exact) mass is 503 g/mol. The summed E-state index contributed by atoms with van der Waals surface area (Å²) in [4.78, 5) is 16.8. The number of amides is 1. The van der Waals surface area contributed by atoms with Gasteiger partial charge in [-0.15, -0.1) is 0 Å². The number of rotatable bonds is 10. The minimum atomic E-state index is -3.33. The van der Waals surface area contributed by atoms with Crippen molar-refractivity contribution in [3.63, 3.8) is 0 Å². The summed E-state index contributed by atoms with van der Waals surface area (Å²) >= 11 is 0. The maximum absolute atomic E-state index is 12.7. The summed E-state index contributed by atoms with van der Waals surface area (Å²) in [5.41, 5.74) is 5.66. The number of nitrogens with one attached hydrogen (secondary N) is 1. The molecule has 0 aliphatic carbocycles. The van der Waals surface area contributed by atoms with Crippen LogP contribution in [0.5, 0.6) is 17.2 Å². The first-order chi connectivity index (χ1) is 16.3. The van der Waals surface area contributed by atoms with Gasteiger partial charge < -0.3 is 25.3 Å². The van der Waals surface area contributed by atoms with E-state index in [1.807, 2.05) is 27.7 Å². The molecule has 0 saturated heterocycles. The van der Waals surface area contributed by atoms with Crippen molar-refractivity contribution in [2.24, 2.45) is 10.7 Å². The lowest BCUT2D eigenvalue weighted by Gasteiger charge is -2.23. The Bertz CT molecular complexity index is 1180. The normalized spacial score (nSPS) is 13.5. The zero-order valence-electron chi connectivity index (χ0n) is 20.9. The Kier molecular flexibility index (Phi) is 9.44. The molecule has 2 rings (SSSR count). The molecule has 2 aromatic rings. The first-order valence-corrected chi connectivity index (χ1v) is 12.8. The molecule has 0 fully saturated rings. The van der Waals surface area contributed by atoms with Gasteiger partial charge in [-0.25, -0.2) is 8.42 Å². The molecule has 0 spiro atoms. The summed E-state index contributed by atoms with van der Waals surface area (Å²) < 4.78 is 41.0. The molecule has 0 aliphatic rings. The summed E-state index contributed by atoms with van der Waals surface area (Å²) in [6, 6.07) is 10.6. The van der Waals surface area contributed by atoms with Crippen molar-refractivity contribution >= 4 is 21.6 Å². The molecule has 0 radical (unpaired) electrons. The molecule has 2 aromatic carbocycles. The lowest BCUT2D eigenvalue weighted by atomic mass is 10.2. The average molecular weight is 504 g/mol. The van der Waals surface area contributed by atoms with Gasteiger partial charge in [-0.05, 0) is 76.4 Å². The quantitative estimate of drug-likeness (QED) is 0.371. The predicted octanol–water partition coefficient (Wildman–Crippen LogP) is 3.70. The van der Waals surface area contributed by atoms with E-state index in [2.05, 4.69) is 10.3 Å². The molecule has 1 amide bonds. The Morgan fingerprint density at radius 2 is 1.74 bits per heavy atom. The first kappa shape index (κ1) is 27.9.